The number of amides is 1. The Balaban J connectivity index is 0.00000312. The average Bonchev–Trinajstić information content (AvgIpc) is 2.60. The van der Waals surface area contributed by atoms with Gasteiger partial charge in [0.1, 0.15) is 5.75 Å². The summed E-state index contributed by atoms with van der Waals surface area (Å²) in [5, 5.41) is 21.7. The smallest absolute Gasteiger partial charge is 0.225 e. The summed E-state index contributed by atoms with van der Waals surface area (Å²) in [7, 11) is 1.57. The number of pyridine rings is 1. The van der Waals surface area contributed by atoms with Crippen molar-refractivity contribution in [2.24, 2.45) is 0 Å². The Bertz CT molecular complexity index is 678. The summed E-state index contributed by atoms with van der Waals surface area (Å²) in [6.07, 6.45) is 1.93. The number of aliphatic hydroxyl groups excluding tert-OH is 2. The van der Waals surface area contributed by atoms with Crippen LogP contribution in [0.5, 0.6) is 5.75 Å². The number of ether oxygens (including phenoxy) is 1. The first-order valence-electron chi connectivity index (χ1n) is 7.84. The number of rotatable bonds is 9. The molecule has 1 heterocycles. The number of benzene rings is 1. The van der Waals surface area contributed by atoms with Crippen molar-refractivity contribution >= 4 is 34.9 Å². The number of hydrogen-bond donors (Lipinski definition) is 3. The molecule has 0 atom stereocenters. The molecule has 0 bridgehead atoms. The van der Waals surface area contributed by atoms with Gasteiger partial charge in [-0.1, -0.05) is 6.07 Å². The highest BCUT2D eigenvalue weighted by atomic mass is 35.5. The summed E-state index contributed by atoms with van der Waals surface area (Å²) < 4.78 is 5.26. The number of carbonyl (C=O) groups excluding carboxylic acids is 1. The van der Waals surface area contributed by atoms with Gasteiger partial charge in [0.05, 0.1) is 31.5 Å². The van der Waals surface area contributed by atoms with E-state index in [0.29, 0.717) is 36.6 Å². The van der Waals surface area contributed by atoms with Crippen LogP contribution in [-0.2, 0) is 4.79 Å². The zero-order valence-corrected chi connectivity index (χ0v) is 15.0. The maximum atomic E-state index is 12.2. The van der Waals surface area contributed by atoms with Gasteiger partial charge in [0.15, 0.2) is 0 Å². The molecule has 0 unspecified atom stereocenters. The van der Waals surface area contributed by atoms with Crippen molar-refractivity contribution in [2.45, 2.75) is 6.42 Å². The van der Waals surface area contributed by atoms with Crippen molar-refractivity contribution in [2.75, 3.05) is 45.3 Å². The standard InChI is InChI=1S/C17H23N3O4.ClH/c1-24-14-11-13-3-2-5-18-17(13)15(12-14)19-16(23)4-6-20(7-9-21)8-10-22;/h2-3,5,11-12,21-22H,4,6-10H2,1H3,(H,19,23);1H. The molecular formula is C17H24ClN3O4. The van der Waals surface area contributed by atoms with Gasteiger partial charge in [-0.25, -0.2) is 0 Å². The van der Waals surface area contributed by atoms with Gasteiger partial charge in [-0.2, -0.15) is 0 Å². The summed E-state index contributed by atoms with van der Waals surface area (Å²) in [4.78, 5) is 18.4. The Morgan fingerprint density at radius 2 is 1.96 bits per heavy atom. The molecule has 1 aromatic heterocycles. The van der Waals surface area contributed by atoms with Gasteiger partial charge < -0.3 is 20.3 Å². The zero-order chi connectivity index (χ0) is 17.4. The van der Waals surface area contributed by atoms with Gasteiger partial charge in [0.25, 0.3) is 0 Å². The number of hydrogen-bond acceptors (Lipinski definition) is 6. The van der Waals surface area contributed by atoms with E-state index in [9.17, 15) is 4.79 Å². The van der Waals surface area contributed by atoms with Crippen LogP contribution >= 0.6 is 12.4 Å². The molecule has 0 aliphatic carbocycles. The third-order valence-corrected chi connectivity index (χ3v) is 3.68. The highest BCUT2D eigenvalue weighted by Crippen LogP contribution is 2.27. The Morgan fingerprint density at radius 1 is 1.24 bits per heavy atom. The Labute approximate surface area is 153 Å². The van der Waals surface area contributed by atoms with E-state index < -0.39 is 0 Å². The van der Waals surface area contributed by atoms with Gasteiger partial charge in [0, 0.05) is 43.7 Å². The van der Waals surface area contributed by atoms with E-state index >= 15 is 0 Å². The van der Waals surface area contributed by atoms with Crippen molar-refractivity contribution in [3.63, 3.8) is 0 Å². The van der Waals surface area contributed by atoms with Crippen LogP contribution in [0.1, 0.15) is 6.42 Å². The Hall–Kier alpha value is -1.93. The van der Waals surface area contributed by atoms with E-state index in [4.69, 9.17) is 14.9 Å². The van der Waals surface area contributed by atoms with Gasteiger partial charge >= 0.3 is 0 Å². The summed E-state index contributed by atoms with van der Waals surface area (Å²) in [6.45, 7) is 1.30. The fourth-order valence-electron chi connectivity index (χ4n) is 2.47. The number of fused-ring (bicyclic) bond motifs is 1. The van der Waals surface area contributed by atoms with Crippen LogP contribution in [0.4, 0.5) is 5.69 Å². The quantitative estimate of drug-likeness (QED) is 0.616. The minimum Gasteiger partial charge on any atom is -0.497 e. The normalized spacial score (nSPS) is 10.6. The number of nitrogens with zero attached hydrogens (tertiary/aromatic N) is 2. The van der Waals surface area contributed by atoms with Crippen LogP contribution in [0.2, 0.25) is 0 Å². The first-order valence-corrected chi connectivity index (χ1v) is 7.84. The minimum atomic E-state index is -0.156. The van der Waals surface area contributed by atoms with Crippen LogP contribution in [-0.4, -0.2) is 66.0 Å². The van der Waals surface area contributed by atoms with Crippen LogP contribution in [0.3, 0.4) is 0 Å². The number of nitrogens with one attached hydrogen (secondary N) is 1. The molecule has 0 saturated heterocycles. The minimum absolute atomic E-state index is 0. The second-order valence-electron chi connectivity index (χ2n) is 5.34. The van der Waals surface area contributed by atoms with Crippen molar-refractivity contribution in [1.82, 2.24) is 9.88 Å². The Kier molecular flexibility index (Phi) is 9.15. The molecular weight excluding hydrogens is 346 g/mol. The SMILES string of the molecule is COc1cc(NC(=O)CCN(CCO)CCO)c2ncccc2c1.Cl. The number of aromatic nitrogens is 1. The molecule has 1 amide bonds. The number of anilines is 1. The topological polar surface area (TPSA) is 94.9 Å². The first-order chi connectivity index (χ1) is 11.7. The lowest BCUT2D eigenvalue weighted by molar-refractivity contribution is -0.116. The molecule has 2 rings (SSSR count). The molecule has 8 heteroatoms. The third-order valence-electron chi connectivity index (χ3n) is 3.68. The van der Waals surface area contributed by atoms with E-state index in [1.165, 1.54) is 0 Å². The Morgan fingerprint density at radius 3 is 2.60 bits per heavy atom. The molecule has 0 spiro atoms. The lowest BCUT2D eigenvalue weighted by Gasteiger charge is -2.19. The molecule has 3 N–H and O–H groups in total. The zero-order valence-electron chi connectivity index (χ0n) is 14.1. The maximum Gasteiger partial charge on any atom is 0.225 e. The monoisotopic (exact) mass is 369 g/mol. The molecule has 1 aromatic carbocycles. The summed E-state index contributed by atoms with van der Waals surface area (Å²) in [6, 6.07) is 7.34. The first kappa shape index (κ1) is 21.1. The highest BCUT2D eigenvalue weighted by molar-refractivity contribution is 6.01. The van der Waals surface area contributed by atoms with E-state index in [0.717, 1.165) is 5.39 Å². The van der Waals surface area contributed by atoms with E-state index in [2.05, 4.69) is 10.3 Å². The van der Waals surface area contributed by atoms with E-state index in [-0.39, 0.29) is 37.9 Å². The van der Waals surface area contributed by atoms with Crippen LogP contribution < -0.4 is 10.1 Å². The molecule has 0 saturated carbocycles. The number of carbonyl (C=O) groups is 1. The fourth-order valence-corrected chi connectivity index (χ4v) is 2.47. The third kappa shape index (κ3) is 6.13. The lowest BCUT2D eigenvalue weighted by Crippen LogP contribution is -2.32. The van der Waals surface area contributed by atoms with Crippen LogP contribution in [0.15, 0.2) is 30.5 Å². The van der Waals surface area contributed by atoms with Gasteiger partial charge in [-0.3, -0.25) is 14.7 Å². The van der Waals surface area contributed by atoms with Gasteiger partial charge in [-0.15, -0.1) is 12.4 Å². The van der Waals surface area contributed by atoms with Crippen molar-refractivity contribution in [1.29, 1.82) is 0 Å². The number of methoxy groups -OCH3 is 1. The lowest BCUT2D eigenvalue weighted by atomic mass is 10.1. The molecule has 7 nitrogen and oxygen atoms in total. The van der Waals surface area contributed by atoms with Crippen LogP contribution in [0.25, 0.3) is 10.9 Å². The molecule has 25 heavy (non-hydrogen) atoms. The molecule has 0 fully saturated rings. The molecule has 0 aliphatic heterocycles. The predicted octanol–water partition coefficient (Wildman–Crippen LogP) is 1.28. The van der Waals surface area contributed by atoms with Gasteiger partial charge in [-0.05, 0) is 12.1 Å². The summed E-state index contributed by atoms with van der Waals surface area (Å²) >= 11 is 0. The number of aliphatic hydroxyl groups is 2. The van der Waals surface area contributed by atoms with E-state index in [1.807, 2.05) is 23.1 Å². The molecule has 0 radical (unpaired) electrons. The van der Waals surface area contributed by atoms with Crippen molar-refractivity contribution in [3.05, 3.63) is 30.5 Å². The second-order valence-corrected chi connectivity index (χ2v) is 5.34. The van der Waals surface area contributed by atoms with E-state index in [1.54, 1.807) is 19.4 Å². The fraction of sp³-hybridized carbons (Fsp3) is 0.412. The molecule has 0 aliphatic rings. The van der Waals surface area contributed by atoms with Crippen molar-refractivity contribution < 1.29 is 19.7 Å². The predicted molar refractivity (Wildman–Crippen MR) is 99.4 cm³/mol. The molecule has 138 valence electrons. The van der Waals surface area contributed by atoms with Gasteiger partial charge in [0.2, 0.25) is 5.91 Å². The number of halogens is 1. The summed E-state index contributed by atoms with van der Waals surface area (Å²) in [5.74, 6) is 0.490. The average molecular weight is 370 g/mol. The van der Waals surface area contributed by atoms with Crippen LogP contribution in [0, 0.1) is 0 Å². The summed E-state index contributed by atoms with van der Waals surface area (Å²) in [5.41, 5.74) is 1.31. The van der Waals surface area contributed by atoms with Crippen molar-refractivity contribution in [3.8, 4) is 5.75 Å². The largest absolute Gasteiger partial charge is 0.497 e. The molecule has 2 aromatic rings. The maximum absolute atomic E-state index is 12.2. The highest BCUT2D eigenvalue weighted by Gasteiger charge is 2.11. The second kappa shape index (κ2) is 10.8.